The van der Waals surface area contributed by atoms with Crippen molar-refractivity contribution in [3.8, 4) is 0 Å². The summed E-state index contributed by atoms with van der Waals surface area (Å²) in [6.45, 7) is 1.93. The number of rotatable bonds is 2. The van der Waals surface area contributed by atoms with Gasteiger partial charge in [-0.1, -0.05) is 19.3 Å². The second-order valence-corrected chi connectivity index (χ2v) is 4.58. The third-order valence-corrected chi connectivity index (χ3v) is 3.31. The molecular weight excluding hydrogens is 217 g/mol. The minimum atomic E-state index is -0.345. The van der Waals surface area contributed by atoms with Gasteiger partial charge in [-0.2, -0.15) is 0 Å². The largest absolute Gasteiger partial charge is 0.371 e. The summed E-state index contributed by atoms with van der Waals surface area (Å²) in [5, 5.41) is 0. The summed E-state index contributed by atoms with van der Waals surface area (Å²) in [6.07, 6.45) is 6.84. The van der Waals surface area contributed by atoms with Gasteiger partial charge in [0.05, 0.1) is 0 Å². The average Bonchev–Trinajstić information content (AvgIpc) is 2.29. The number of hydrogen-bond donors (Lipinski definition) is 0. The smallest absolute Gasteiger partial charge is 0.152 e. The van der Waals surface area contributed by atoms with Gasteiger partial charge in [-0.05, 0) is 31.0 Å². The van der Waals surface area contributed by atoms with Crippen LogP contribution in [0.3, 0.4) is 0 Å². The Kier molecular flexibility index (Phi) is 4.13. The molecule has 1 heterocycles. The highest BCUT2D eigenvalue weighted by molar-refractivity contribution is 5.84. The zero-order chi connectivity index (χ0) is 12.1. The number of halogens is 1. The predicted octanol–water partition coefficient (Wildman–Crippen LogP) is 3.41. The Labute approximate surface area is 101 Å². The van der Waals surface area contributed by atoms with E-state index in [4.69, 9.17) is 0 Å². The zero-order valence-corrected chi connectivity index (χ0v) is 9.99. The maximum atomic E-state index is 13.1. The van der Waals surface area contributed by atoms with Crippen molar-refractivity contribution in [2.45, 2.75) is 32.1 Å². The highest BCUT2D eigenvalue weighted by Gasteiger charge is 2.13. The van der Waals surface area contributed by atoms with E-state index in [1.165, 1.54) is 31.4 Å². The van der Waals surface area contributed by atoms with Crippen molar-refractivity contribution < 1.29 is 9.18 Å². The Bertz CT molecular complexity index is 384. The van der Waals surface area contributed by atoms with E-state index < -0.39 is 0 Å². The Morgan fingerprint density at radius 3 is 2.35 bits per heavy atom. The number of benzene rings is 1. The van der Waals surface area contributed by atoms with E-state index in [-0.39, 0.29) is 5.82 Å². The molecule has 0 unspecified atom stereocenters. The lowest BCUT2D eigenvalue weighted by Gasteiger charge is -2.27. The first kappa shape index (κ1) is 12.1. The molecular formula is C14H18FNO. The molecule has 0 amide bonds. The summed E-state index contributed by atoms with van der Waals surface area (Å²) in [5.74, 6) is -0.345. The monoisotopic (exact) mass is 235 g/mol. The maximum absolute atomic E-state index is 13.1. The minimum absolute atomic E-state index is 0.345. The Balaban J connectivity index is 2.21. The fraction of sp³-hybridized carbons (Fsp3) is 0.500. The van der Waals surface area contributed by atoms with Crippen molar-refractivity contribution >= 4 is 12.0 Å². The number of carbonyl (C=O) groups is 1. The van der Waals surface area contributed by atoms with E-state index in [9.17, 15) is 9.18 Å². The summed E-state index contributed by atoms with van der Waals surface area (Å²) >= 11 is 0. The molecule has 0 bridgehead atoms. The third kappa shape index (κ3) is 3.05. The van der Waals surface area contributed by atoms with E-state index >= 15 is 0 Å². The van der Waals surface area contributed by atoms with Crippen LogP contribution in [0.1, 0.15) is 42.5 Å². The van der Waals surface area contributed by atoms with Crippen LogP contribution < -0.4 is 4.90 Å². The lowest BCUT2D eigenvalue weighted by molar-refractivity contribution is 0.112. The minimum Gasteiger partial charge on any atom is -0.371 e. The van der Waals surface area contributed by atoms with Crippen LogP contribution in [0.4, 0.5) is 10.1 Å². The molecule has 1 saturated heterocycles. The SMILES string of the molecule is O=Cc1cc(F)ccc1N1CCCCCCC1. The van der Waals surface area contributed by atoms with Crippen molar-refractivity contribution in [3.63, 3.8) is 0 Å². The van der Waals surface area contributed by atoms with Gasteiger partial charge in [-0.25, -0.2) is 4.39 Å². The fourth-order valence-corrected chi connectivity index (χ4v) is 2.40. The van der Waals surface area contributed by atoms with Gasteiger partial charge in [-0.3, -0.25) is 4.79 Å². The normalized spacial score (nSPS) is 17.4. The van der Waals surface area contributed by atoms with Crippen LogP contribution in [0.2, 0.25) is 0 Å². The number of aldehydes is 1. The Morgan fingerprint density at radius 1 is 1.06 bits per heavy atom. The quantitative estimate of drug-likeness (QED) is 0.732. The number of nitrogens with zero attached hydrogens (tertiary/aromatic N) is 1. The first-order chi connectivity index (χ1) is 8.31. The standard InChI is InChI=1S/C14H18FNO/c15-13-6-7-14(12(10-13)11-17)16-8-4-2-1-3-5-9-16/h6-7,10-11H,1-5,8-9H2. The Hall–Kier alpha value is -1.38. The van der Waals surface area contributed by atoms with Crippen LogP contribution >= 0.6 is 0 Å². The molecule has 92 valence electrons. The highest BCUT2D eigenvalue weighted by Crippen LogP contribution is 2.23. The molecule has 3 heteroatoms. The summed E-state index contributed by atoms with van der Waals surface area (Å²) in [6, 6.07) is 4.48. The van der Waals surface area contributed by atoms with Gasteiger partial charge >= 0.3 is 0 Å². The van der Waals surface area contributed by atoms with Gasteiger partial charge in [0, 0.05) is 24.3 Å². The molecule has 0 spiro atoms. The van der Waals surface area contributed by atoms with E-state index in [1.54, 1.807) is 6.07 Å². The summed E-state index contributed by atoms with van der Waals surface area (Å²) in [7, 11) is 0. The van der Waals surface area contributed by atoms with Crippen molar-refractivity contribution in [1.82, 2.24) is 0 Å². The molecule has 0 radical (unpaired) electrons. The van der Waals surface area contributed by atoms with Crippen molar-refractivity contribution in [1.29, 1.82) is 0 Å². The van der Waals surface area contributed by atoms with E-state index in [0.29, 0.717) is 5.56 Å². The van der Waals surface area contributed by atoms with Gasteiger partial charge in [0.2, 0.25) is 0 Å². The lowest BCUT2D eigenvalue weighted by atomic mass is 10.1. The molecule has 0 aliphatic carbocycles. The second-order valence-electron chi connectivity index (χ2n) is 4.58. The first-order valence-corrected chi connectivity index (χ1v) is 6.31. The third-order valence-electron chi connectivity index (χ3n) is 3.31. The average molecular weight is 235 g/mol. The van der Waals surface area contributed by atoms with Gasteiger partial charge in [0.25, 0.3) is 0 Å². The van der Waals surface area contributed by atoms with Crippen LogP contribution in [0.5, 0.6) is 0 Å². The molecule has 0 atom stereocenters. The molecule has 17 heavy (non-hydrogen) atoms. The number of carbonyl (C=O) groups excluding carboxylic acids is 1. The van der Waals surface area contributed by atoms with Crippen LogP contribution in [0, 0.1) is 5.82 Å². The second kappa shape index (κ2) is 5.80. The molecule has 0 saturated carbocycles. The molecule has 2 rings (SSSR count). The summed E-state index contributed by atoms with van der Waals surface area (Å²) < 4.78 is 13.1. The van der Waals surface area contributed by atoms with E-state index in [1.807, 2.05) is 0 Å². The van der Waals surface area contributed by atoms with Gasteiger partial charge in [0.15, 0.2) is 6.29 Å². The topological polar surface area (TPSA) is 20.3 Å². The number of hydrogen-bond acceptors (Lipinski definition) is 2. The van der Waals surface area contributed by atoms with Crippen molar-refractivity contribution in [2.75, 3.05) is 18.0 Å². The first-order valence-electron chi connectivity index (χ1n) is 6.31. The zero-order valence-electron chi connectivity index (χ0n) is 9.99. The van der Waals surface area contributed by atoms with Crippen LogP contribution in [-0.4, -0.2) is 19.4 Å². The van der Waals surface area contributed by atoms with Gasteiger partial charge < -0.3 is 4.90 Å². The van der Waals surface area contributed by atoms with Crippen LogP contribution in [0.25, 0.3) is 0 Å². The summed E-state index contributed by atoms with van der Waals surface area (Å²) in [4.78, 5) is 13.2. The lowest BCUT2D eigenvalue weighted by Crippen LogP contribution is -2.27. The van der Waals surface area contributed by atoms with Crippen molar-refractivity contribution in [3.05, 3.63) is 29.6 Å². The van der Waals surface area contributed by atoms with E-state index in [2.05, 4.69) is 4.90 Å². The molecule has 2 nitrogen and oxygen atoms in total. The molecule has 1 fully saturated rings. The number of anilines is 1. The van der Waals surface area contributed by atoms with Crippen molar-refractivity contribution in [2.24, 2.45) is 0 Å². The van der Waals surface area contributed by atoms with Gasteiger partial charge in [-0.15, -0.1) is 0 Å². The Morgan fingerprint density at radius 2 is 1.71 bits per heavy atom. The van der Waals surface area contributed by atoms with Crippen LogP contribution in [0.15, 0.2) is 18.2 Å². The van der Waals surface area contributed by atoms with Gasteiger partial charge in [0.1, 0.15) is 5.82 Å². The molecule has 1 aliphatic rings. The fourth-order valence-electron chi connectivity index (χ4n) is 2.40. The van der Waals surface area contributed by atoms with Crippen LogP contribution in [-0.2, 0) is 0 Å². The predicted molar refractivity (Wildman–Crippen MR) is 67.1 cm³/mol. The molecule has 1 aliphatic heterocycles. The highest BCUT2D eigenvalue weighted by atomic mass is 19.1. The molecule has 1 aromatic carbocycles. The molecule has 0 aromatic heterocycles. The van der Waals surface area contributed by atoms with E-state index in [0.717, 1.165) is 37.9 Å². The summed E-state index contributed by atoms with van der Waals surface area (Å²) in [5.41, 5.74) is 1.34. The maximum Gasteiger partial charge on any atom is 0.152 e. The molecule has 0 N–H and O–H groups in total. The molecule has 1 aromatic rings.